The molecule has 220 valence electrons. The van der Waals surface area contributed by atoms with Gasteiger partial charge in [0.1, 0.15) is 12.8 Å². The molecule has 3 heterocycles. The van der Waals surface area contributed by atoms with Crippen molar-refractivity contribution in [3.63, 3.8) is 0 Å². The van der Waals surface area contributed by atoms with Crippen LogP contribution in [-0.4, -0.2) is 21.0 Å². The van der Waals surface area contributed by atoms with E-state index in [2.05, 4.69) is 92.0 Å². The molecule has 0 amide bonds. The minimum Gasteiger partial charge on any atom is -0.481 e. The normalized spacial score (nSPS) is 17.6. The van der Waals surface area contributed by atoms with E-state index in [0.717, 1.165) is 22.6 Å². The van der Waals surface area contributed by atoms with Crippen LogP contribution in [0.25, 0.3) is 34.0 Å². The van der Waals surface area contributed by atoms with Gasteiger partial charge in [-0.15, -0.1) is 0 Å². The van der Waals surface area contributed by atoms with Crippen molar-refractivity contribution in [1.82, 2.24) is 15.0 Å². The lowest BCUT2D eigenvalue weighted by Crippen LogP contribution is -2.49. The van der Waals surface area contributed by atoms with Gasteiger partial charge in [0.25, 0.3) is 0 Å². The van der Waals surface area contributed by atoms with E-state index in [-0.39, 0.29) is 17.6 Å². The van der Waals surface area contributed by atoms with Crippen LogP contribution in [0.15, 0.2) is 121 Å². The molecule has 2 aliphatic rings. The van der Waals surface area contributed by atoms with E-state index >= 15 is 0 Å². The lowest BCUT2D eigenvalue weighted by molar-refractivity contribution is -0.660. The van der Waals surface area contributed by atoms with Crippen molar-refractivity contribution in [1.29, 1.82) is 0 Å². The van der Waals surface area contributed by atoms with Gasteiger partial charge >= 0.3 is 0 Å². The number of aryl methyl sites for hydroxylation is 2. The van der Waals surface area contributed by atoms with Crippen LogP contribution in [0.2, 0.25) is 0 Å². The second kappa shape index (κ2) is 10.4. The Balaban J connectivity index is 1.39. The van der Waals surface area contributed by atoms with Gasteiger partial charge in [-0.2, -0.15) is 9.97 Å². The minimum atomic E-state index is -0.314. The maximum absolute atomic E-state index is 7.03. The summed E-state index contributed by atoms with van der Waals surface area (Å²) in [5.74, 6) is 2.70. The van der Waals surface area contributed by atoms with Crippen LogP contribution >= 0.6 is 0 Å². The number of fused-ring (bicyclic) bond motifs is 4. The summed E-state index contributed by atoms with van der Waals surface area (Å²) in [6, 6.07) is 39.3. The first kappa shape index (κ1) is 27.2. The fourth-order valence-electron chi connectivity index (χ4n) is 7.15. The van der Waals surface area contributed by atoms with Gasteiger partial charge in [0.15, 0.2) is 23.9 Å². The molecule has 0 N–H and O–H groups in total. The molecule has 6 nitrogen and oxygen atoms in total. The maximum atomic E-state index is 7.03. The van der Waals surface area contributed by atoms with Crippen LogP contribution in [0.3, 0.4) is 0 Å². The standard InChI is InChI=1S/C39H34N5O/c1-25-15-11-12-20-28(25)33-32-29(23-24-43(33)4)39(2,3)35-34(32)45-31-22-14-13-21-30(31)44(35)38-41-36(26-16-7-5-8-17-26)40-37(42-38)27-18-9-6-10-19-27/h5-24,34-35H,1-4H3/q+1. The molecule has 0 radical (unpaired) electrons. The van der Waals surface area contributed by atoms with Crippen LogP contribution in [0.5, 0.6) is 5.75 Å². The third-order valence-electron chi connectivity index (χ3n) is 9.33. The van der Waals surface area contributed by atoms with E-state index in [1.165, 1.54) is 27.9 Å². The van der Waals surface area contributed by atoms with E-state index < -0.39 is 0 Å². The highest BCUT2D eigenvalue weighted by atomic mass is 16.5. The topological polar surface area (TPSA) is 55.0 Å². The van der Waals surface area contributed by atoms with Gasteiger partial charge in [0, 0.05) is 28.2 Å². The van der Waals surface area contributed by atoms with E-state index in [4.69, 9.17) is 19.7 Å². The molecule has 8 rings (SSSR count). The third kappa shape index (κ3) is 4.32. The molecular formula is C39H34N5O+. The Labute approximate surface area is 263 Å². The quantitative estimate of drug-likeness (QED) is 0.196. The van der Waals surface area contributed by atoms with Crippen LogP contribution in [0.4, 0.5) is 11.6 Å². The molecule has 0 saturated carbocycles. The molecule has 6 aromatic rings. The molecule has 2 aromatic heterocycles. The van der Waals surface area contributed by atoms with Gasteiger partial charge in [-0.1, -0.05) is 105 Å². The third-order valence-corrected chi connectivity index (χ3v) is 9.33. The Hall–Kier alpha value is -5.36. The molecule has 0 fully saturated rings. The predicted molar refractivity (Wildman–Crippen MR) is 177 cm³/mol. The predicted octanol–water partition coefficient (Wildman–Crippen LogP) is 7.94. The summed E-state index contributed by atoms with van der Waals surface area (Å²) in [6.07, 6.45) is 1.92. The van der Waals surface area contributed by atoms with Crippen molar-refractivity contribution in [3.05, 3.63) is 138 Å². The SMILES string of the molecule is Cc1ccccc1-c1c2c(cc[n+]1C)C(C)(C)C1C2Oc2ccccc2N1c1nc(-c2ccccc2)nc(-c2ccccc2)n1. The molecule has 4 aromatic carbocycles. The van der Waals surface area contributed by atoms with Crippen molar-refractivity contribution >= 4 is 11.6 Å². The molecule has 1 aliphatic heterocycles. The number of anilines is 2. The van der Waals surface area contributed by atoms with E-state index in [1.54, 1.807) is 0 Å². The highest BCUT2D eigenvalue weighted by Crippen LogP contribution is 2.57. The Morgan fingerprint density at radius 1 is 0.711 bits per heavy atom. The maximum Gasteiger partial charge on any atom is 0.234 e. The summed E-state index contributed by atoms with van der Waals surface area (Å²) in [7, 11) is 2.13. The first-order valence-electron chi connectivity index (χ1n) is 15.4. The van der Waals surface area contributed by atoms with Crippen molar-refractivity contribution in [2.24, 2.45) is 7.05 Å². The zero-order chi connectivity index (χ0) is 30.7. The lowest BCUT2D eigenvalue weighted by Gasteiger charge is -2.44. The highest BCUT2D eigenvalue weighted by molar-refractivity contribution is 5.76. The molecule has 0 spiro atoms. The summed E-state index contributed by atoms with van der Waals surface area (Å²) < 4.78 is 9.26. The van der Waals surface area contributed by atoms with Gasteiger partial charge in [-0.05, 0) is 36.2 Å². The zero-order valence-corrected chi connectivity index (χ0v) is 25.8. The first-order chi connectivity index (χ1) is 21.9. The minimum absolute atomic E-state index is 0.123. The van der Waals surface area contributed by atoms with Crippen molar-refractivity contribution in [3.8, 4) is 39.8 Å². The fourth-order valence-corrected chi connectivity index (χ4v) is 7.15. The number of rotatable bonds is 4. The lowest BCUT2D eigenvalue weighted by atomic mass is 9.81. The van der Waals surface area contributed by atoms with Crippen molar-refractivity contribution in [2.45, 2.75) is 38.3 Å². The fraction of sp³-hybridized carbons (Fsp3) is 0.179. The van der Waals surface area contributed by atoms with E-state index in [1.807, 2.05) is 66.7 Å². The van der Waals surface area contributed by atoms with Crippen molar-refractivity contribution < 1.29 is 9.30 Å². The summed E-state index contributed by atoms with van der Waals surface area (Å²) in [4.78, 5) is 17.7. The van der Waals surface area contributed by atoms with Crippen LogP contribution < -0.4 is 14.2 Å². The number of benzene rings is 4. The van der Waals surface area contributed by atoms with Gasteiger partial charge in [-0.25, -0.2) is 9.55 Å². The van der Waals surface area contributed by atoms with Gasteiger partial charge in [0.05, 0.1) is 17.3 Å². The van der Waals surface area contributed by atoms with Crippen LogP contribution in [0.1, 0.15) is 36.6 Å². The second-order valence-corrected chi connectivity index (χ2v) is 12.5. The molecule has 45 heavy (non-hydrogen) atoms. The Bertz CT molecular complexity index is 2000. The average molecular weight is 589 g/mol. The largest absolute Gasteiger partial charge is 0.481 e. The number of nitrogens with zero attached hydrogens (tertiary/aromatic N) is 5. The number of pyridine rings is 1. The molecule has 2 atom stereocenters. The van der Waals surface area contributed by atoms with Crippen LogP contribution in [-0.2, 0) is 12.5 Å². The number of ether oxygens (including phenoxy) is 1. The van der Waals surface area contributed by atoms with E-state index in [9.17, 15) is 0 Å². The molecule has 1 aliphatic carbocycles. The molecule has 2 unspecified atom stereocenters. The number of hydrogen-bond donors (Lipinski definition) is 0. The summed E-state index contributed by atoms with van der Waals surface area (Å²) in [5, 5.41) is 0. The highest BCUT2D eigenvalue weighted by Gasteiger charge is 2.57. The van der Waals surface area contributed by atoms with Crippen LogP contribution in [0, 0.1) is 6.92 Å². The Kier molecular flexibility index (Phi) is 6.27. The van der Waals surface area contributed by atoms with E-state index in [0.29, 0.717) is 17.6 Å². The van der Waals surface area contributed by atoms with Gasteiger partial charge in [0.2, 0.25) is 11.6 Å². The summed E-state index contributed by atoms with van der Waals surface area (Å²) in [6.45, 7) is 6.82. The Morgan fingerprint density at radius 3 is 1.98 bits per heavy atom. The number of para-hydroxylation sites is 2. The molecule has 0 bridgehead atoms. The molecular weight excluding hydrogens is 554 g/mol. The monoisotopic (exact) mass is 588 g/mol. The smallest absolute Gasteiger partial charge is 0.234 e. The summed E-state index contributed by atoms with van der Waals surface area (Å²) in [5.41, 5.74) is 8.62. The van der Waals surface area contributed by atoms with Gasteiger partial charge < -0.3 is 4.74 Å². The Morgan fingerprint density at radius 2 is 1.31 bits per heavy atom. The van der Waals surface area contributed by atoms with Gasteiger partial charge in [-0.3, -0.25) is 4.90 Å². The first-order valence-corrected chi connectivity index (χ1v) is 15.4. The average Bonchev–Trinajstić information content (AvgIpc) is 3.30. The number of hydrogen-bond acceptors (Lipinski definition) is 5. The molecule has 0 saturated heterocycles. The number of aromatic nitrogens is 4. The summed E-state index contributed by atoms with van der Waals surface area (Å²) >= 11 is 0. The second-order valence-electron chi connectivity index (χ2n) is 12.5. The van der Waals surface area contributed by atoms with Crippen molar-refractivity contribution in [2.75, 3.05) is 4.90 Å². The zero-order valence-electron chi connectivity index (χ0n) is 25.8. The molecule has 6 heteroatoms.